The lowest BCUT2D eigenvalue weighted by atomic mass is 9.93. The first-order valence-corrected chi connectivity index (χ1v) is 6.91. The van der Waals surface area contributed by atoms with E-state index >= 15 is 0 Å². The van der Waals surface area contributed by atoms with Crippen LogP contribution in [-0.2, 0) is 4.79 Å². The summed E-state index contributed by atoms with van der Waals surface area (Å²) in [6.45, 7) is 2.40. The van der Waals surface area contributed by atoms with Crippen LogP contribution in [0.5, 0.6) is 0 Å². The number of nitrogens with one attached hydrogen (secondary N) is 2. The minimum atomic E-state index is -0.808. The van der Waals surface area contributed by atoms with Crippen LogP contribution in [0.1, 0.15) is 45.4 Å². The zero-order valence-electron chi connectivity index (χ0n) is 11.4. The van der Waals surface area contributed by atoms with Gasteiger partial charge < -0.3 is 20.8 Å². The van der Waals surface area contributed by atoms with Gasteiger partial charge in [0.2, 0.25) is 0 Å². The molecule has 110 valence electrons. The van der Waals surface area contributed by atoms with Crippen molar-refractivity contribution in [2.24, 2.45) is 5.92 Å². The van der Waals surface area contributed by atoms with E-state index in [0.717, 1.165) is 25.7 Å². The fourth-order valence-electron chi connectivity index (χ4n) is 2.20. The summed E-state index contributed by atoms with van der Waals surface area (Å²) in [6, 6.07) is -0.0682. The SMILES string of the molecule is CC(CCC(=O)O)CNC(=O)NC1CCC(O)CC1. The number of carboxylic acids is 1. The maximum atomic E-state index is 11.6. The molecule has 6 heteroatoms. The second-order valence-corrected chi connectivity index (χ2v) is 5.40. The first kappa shape index (κ1) is 15.8. The van der Waals surface area contributed by atoms with E-state index in [0.29, 0.717) is 13.0 Å². The van der Waals surface area contributed by atoms with Gasteiger partial charge in [-0.25, -0.2) is 4.79 Å². The number of amides is 2. The van der Waals surface area contributed by atoms with Gasteiger partial charge in [-0.05, 0) is 38.0 Å². The third-order valence-corrected chi connectivity index (χ3v) is 3.49. The lowest BCUT2D eigenvalue weighted by Crippen LogP contribution is -2.45. The fraction of sp³-hybridized carbons (Fsp3) is 0.846. The van der Waals surface area contributed by atoms with Crippen molar-refractivity contribution in [2.45, 2.75) is 57.6 Å². The van der Waals surface area contributed by atoms with E-state index < -0.39 is 5.97 Å². The zero-order valence-corrected chi connectivity index (χ0v) is 11.4. The zero-order chi connectivity index (χ0) is 14.3. The van der Waals surface area contributed by atoms with Crippen molar-refractivity contribution in [3.05, 3.63) is 0 Å². The van der Waals surface area contributed by atoms with Gasteiger partial charge in [0.25, 0.3) is 0 Å². The minimum Gasteiger partial charge on any atom is -0.481 e. The molecule has 19 heavy (non-hydrogen) atoms. The Morgan fingerprint density at radius 2 is 1.89 bits per heavy atom. The van der Waals surface area contributed by atoms with Gasteiger partial charge >= 0.3 is 12.0 Å². The first-order chi connectivity index (χ1) is 8.97. The molecule has 0 aromatic rings. The van der Waals surface area contributed by atoms with E-state index in [9.17, 15) is 14.7 Å². The summed E-state index contributed by atoms with van der Waals surface area (Å²) in [7, 11) is 0. The molecule has 4 N–H and O–H groups in total. The van der Waals surface area contributed by atoms with Crippen LogP contribution in [-0.4, -0.2) is 40.9 Å². The molecule has 0 aromatic carbocycles. The highest BCUT2D eigenvalue weighted by molar-refractivity contribution is 5.74. The number of carboxylic acid groups (broad SMARTS) is 1. The molecule has 1 aliphatic carbocycles. The molecule has 0 spiro atoms. The molecular formula is C13H24N2O4. The Kier molecular flexibility index (Phi) is 6.62. The fourth-order valence-corrected chi connectivity index (χ4v) is 2.20. The average molecular weight is 272 g/mol. The molecule has 6 nitrogen and oxygen atoms in total. The minimum absolute atomic E-state index is 0.130. The third-order valence-electron chi connectivity index (χ3n) is 3.49. The van der Waals surface area contributed by atoms with Crippen molar-refractivity contribution in [3.63, 3.8) is 0 Å². The lowest BCUT2D eigenvalue weighted by molar-refractivity contribution is -0.137. The summed E-state index contributed by atoms with van der Waals surface area (Å²) >= 11 is 0. The van der Waals surface area contributed by atoms with Crippen molar-refractivity contribution < 1.29 is 19.8 Å². The Bertz CT molecular complexity index is 301. The highest BCUT2D eigenvalue weighted by Gasteiger charge is 2.20. The summed E-state index contributed by atoms with van der Waals surface area (Å²) in [4.78, 5) is 22.0. The van der Waals surface area contributed by atoms with Gasteiger partial charge in [0, 0.05) is 19.0 Å². The molecule has 1 unspecified atom stereocenters. The van der Waals surface area contributed by atoms with Crippen LogP contribution in [0.4, 0.5) is 4.79 Å². The first-order valence-electron chi connectivity index (χ1n) is 6.91. The van der Waals surface area contributed by atoms with E-state index in [-0.39, 0.29) is 30.5 Å². The number of aliphatic carboxylic acids is 1. The number of hydrogen-bond donors (Lipinski definition) is 4. The van der Waals surface area contributed by atoms with Gasteiger partial charge in [-0.15, -0.1) is 0 Å². The molecule has 1 atom stereocenters. The number of carbonyl (C=O) groups is 2. The largest absolute Gasteiger partial charge is 0.481 e. The highest BCUT2D eigenvalue weighted by atomic mass is 16.4. The molecule has 1 rings (SSSR count). The summed E-state index contributed by atoms with van der Waals surface area (Å²) < 4.78 is 0. The summed E-state index contributed by atoms with van der Waals surface area (Å²) in [5, 5.41) is 23.6. The molecule has 2 amide bonds. The van der Waals surface area contributed by atoms with Crippen molar-refractivity contribution in [2.75, 3.05) is 6.54 Å². The average Bonchev–Trinajstić information content (AvgIpc) is 2.36. The van der Waals surface area contributed by atoms with Gasteiger partial charge in [-0.3, -0.25) is 4.79 Å². The van der Waals surface area contributed by atoms with Crippen molar-refractivity contribution in [3.8, 4) is 0 Å². The summed E-state index contributed by atoms with van der Waals surface area (Å²) in [5.41, 5.74) is 0. The molecule has 1 saturated carbocycles. The molecule has 0 heterocycles. The van der Waals surface area contributed by atoms with Crippen LogP contribution in [0, 0.1) is 5.92 Å². The van der Waals surface area contributed by atoms with Crippen molar-refractivity contribution in [1.29, 1.82) is 0 Å². The van der Waals surface area contributed by atoms with Gasteiger partial charge in [0.1, 0.15) is 0 Å². The number of rotatable bonds is 6. The number of carbonyl (C=O) groups excluding carboxylic acids is 1. The van der Waals surface area contributed by atoms with E-state index in [1.165, 1.54) is 0 Å². The maximum absolute atomic E-state index is 11.6. The van der Waals surface area contributed by atoms with Crippen LogP contribution in [0.15, 0.2) is 0 Å². The van der Waals surface area contributed by atoms with E-state index in [1.807, 2.05) is 6.92 Å². The Labute approximate surface area is 113 Å². The Morgan fingerprint density at radius 1 is 1.26 bits per heavy atom. The second kappa shape index (κ2) is 7.99. The normalized spacial score (nSPS) is 24.5. The van der Waals surface area contributed by atoms with Crippen molar-refractivity contribution in [1.82, 2.24) is 10.6 Å². The maximum Gasteiger partial charge on any atom is 0.315 e. The van der Waals surface area contributed by atoms with Crippen LogP contribution in [0.25, 0.3) is 0 Å². The van der Waals surface area contributed by atoms with Gasteiger partial charge in [0.15, 0.2) is 0 Å². The molecule has 0 radical (unpaired) electrons. The molecule has 0 saturated heterocycles. The topological polar surface area (TPSA) is 98.7 Å². The smallest absolute Gasteiger partial charge is 0.315 e. The van der Waals surface area contributed by atoms with Crippen LogP contribution < -0.4 is 10.6 Å². The number of hydrogen-bond acceptors (Lipinski definition) is 3. The number of urea groups is 1. The molecule has 0 bridgehead atoms. The van der Waals surface area contributed by atoms with Crippen LogP contribution in [0.3, 0.4) is 0 Å². The third kappa shape index (κ3) is 7.00. The van der Waals surface area contributed by atoms with E-state index in [1.54, 1.807) is 0 Å². The second-order valence-electron chi connectivity index (χ2n) is 5.40. The number of aliphatic hydroxyl groups excluding tert-OH is 1. The molecular weight excluding hydrogens is 248 g/mol. The molecule has 1 aliphatic rings. The van der Waals surface area contributed by atoms with Gasteiger partial charge in [0.05, 0.1) is 6.10 Å². The van der Waals surface area contributed by atoms with E-state index in [4.69, 9.17) is 5.11 Å². The van der Waals surface area contributed by atoms with Crippen molar-refractivity contribution >= 4 is 12.0 Å². The number of aliphatic hydroxyl groups is 1. The highest BCUT2D eigenvalue weighted by Crippen LogP contribution is 2.18. The van der Waals surface area contributed by atoms with Gasteiger partial charge in [-0.1, -0.05) is 6.92 Å². The molecule has 1 fully saturated rings. The standard InChI is InChI=1S/C13H24N2O4/c1-9(2-7-12(17)18)8-14-13(19)15-10-3-5-11(16)6-4-10/h9-11,16H,2-8H2,1H3,(H,17,18)(H2,14,15,19). The Balaban J connectivity index is 2.12. The molecule has 0 aromatic heterocycles. The summed E-state index contributed by atoms with van der Waals surface area (Å²) in [5.74, 6) is -0.660. The van der Waals surface area contributed by atoms with Gasteiger partial charge in [-0.2, -0.15) is 0 Å². The van der Waals surface area contributed by atoms with Crippen LogP contribution >= 0.6 is 0 Å². The monoisotopic (exact) mass is 272 g/mol. The lowest BCUT2D eigenvalue weighted by Gasteiger charge is -2.26. The predicted octanol–water partition coefficient (Wildman–Crippen LogP) is 1.09. The molecule has 0 aliphatic heterocycles. The Morgan fingerprint density at radius 3 is 2.47 bits per heavy atom. The summed E-state index contributed by atoms with van der Waals surface area (Å²) in [6.07, 6.45) is 3.56. The van der Waals surface area contributed by atoms with Crippen LogP contribution in [0.2, 0.25) is 0 Å². The predicted molar refractivity (Wildman–Crippen MR) is 70.8 cm³/mol. The van der Waals surface area contributed by atoms with E-state index in [2.05, 4.69) is 10.6 Å². The Hall–Kier alpha value is -1.30. The quantitative estimate of drug-likeness (QED) is 0.581.